The van der Waals surface area contributed by atoms with Gasteiger partial charge in [-0.15, -0.1) is 0 Å². The third-order valence-corrected chi connectivity index (χ3v) is 2.34. The van der Waals surface area contributed by atoms with E-state index in [1.807, 2.05) is 0 Å². The fraction of sp³-hybridized carbons (Fsp3) is 0. The van der Waals surface area contributed by atoms with E-state index in [1.165, 1.54) is 18.2 Å². The fourth-order valence-corrected chi connectivity index (χ4v) is 1.47. The number of rotatable bonds is 2. The zero-order chi connectivity index (χ0) is 13.7. The van der Waals surface area contributed by atoms with E-state index >= 15 is 0 Å². The summed E-state index contributed by atoms with van der Waals surface area (Å²) >= 11 is 0. The summed E-state index contributed by atoms with van der Waals surface area (Å²) in [6.45, 7) is 0. The third-order valence-electron chi connectivity index (χ3n) is 2.34. The molecule has 0 aliphatic carbocycles. The Morgan fingerprint density at radius 2 is 1.58 bits per heavy atom. The van der Waals surface area contributed by atoms with E-state index in [-0.39, 0.29) is 22.7 Å². The van der Waals surface area contributed by atoms with Crippen molar-refractivity contribution in [1.29, 1.82) is 10.8 Å². The van der Waals surface area contributed by atoms with Gasteiger partial charge >= 0.3 is 17.3 Å². The number of carbonyl (C=O) groups excluding carboxylic acids is 1. The maximum absolute atomic E-state index is 11.8. The minimum absolute atomic E-state index is 0.252. The minimum atomic E-state index is -0.597. The second kappa shape index (κ2) is 5.39. The summed E-state index contributed by atoms with van der Waals surface area (Å²) in [5.41, 5.74) is 0.791. The van der Waals surface area contributed by atoms with Gasteiger partial charge < -0.3 is 4.74 Å². The van der Waals surface area contributed by atoms with Crippen LogP contribution in [0.5, 0.6) is 5.75 Å². The summed E-state index contributed by atoms with van der Waals surface area (Å²) in [6.07, 6.45) is 0. The average Bonchev–Trinajstić information content (AvgIpc) is 2.47. The fourth-order valence-electron chi connectivity index (χ4n) is 1.47. The molecule has 90 valence electrons. The van der Waals surface area contributed by atoms with E-state index in [0.717, 1.165) is 0 Å². The molecule has 2 rings (SSSR count). The highest BCUT2D eigenvalue weighted by Gasteiger charge is 2.14. The summed E-state index contributed by atoms with van der Waals surface area (Å²) in [5.74, 6) is -0.341. The summed E-state index contributed by atoms with van der Waals surface area (Å²) in [5, 5.41) is 17.3. The van der Waals surface area contributed by atoms with Crippen molar-refractivity contribution in [3.05, 3.63) is 64.0 Å². The van der Waals surface area contributed by atoms with Crippen LogP contribution in [0, 0.1) is 10.8 Å². The topological polar surface area (TPSA) is 82.6 Å². The molecule has 6 nitrogen and oxygen atoms in total. The Hall–Kier alpha value is -3.25. The molecule has 0 aromatic heterocycles. The van der Waals surface area contributed by atoms with Crippen LogP contribution in [0.25, 0.3) is 9.95 Å². The van der Waals surface area contributed by atoms with E-state index in [2.05, 4.69) is 9.95 Å². The lowest BCUT2D eigenvalue weighted by atomic mass is 10.2. The van der Waals surface area contributed by atoms with Crippen molar-refractivity contribution in [1.82, 2.24) is 0 Å². The maximum Gasteiger partial charge on any atom is 0.388 e. The monoisotopic (exact) mass is 252 g/mol. The van der Waals surface area contributed by atoms with Crippen LogP contribution in [0.4, 0.5) is 11.4 Å². The summed E-state index contributed by atoms with van der Waals surface area (Å²) in [7, 11) is 0. The van der Waals surface area contributed by atoms with E-state index in [1.54, 1.807) is 30.3 Å². The van der Waals surface area contributed by atoms with Crippen molar-refractivity contribution in [3.8, 4) is 5.75 Å². The number of benzene rings is 2. The molecule has 0 atom stereocenters. The average molecular weight is 252 g/mol. The first-order valence-electron chi connectivity index (χ1n) is 5.35. The van der Waals surface area contributed by atoms with Crippen LogP contribution in [-0.4, -0.2) is 5.97 Å². The number of hydrogen-bond acceptors (Lipinski definition) is 4. The van der Waals surface area contributed by atoms with Gasteiger partial charge in [-0.2, -0.15) is 0 Å². The number of diazo groups is 2. The van der Waals surface area contributed by atoms with Gasteiger partial charge in [0.1, 0.15) is 5.75 Å². The lowest BCUT2D eigenvalue weighted by Gasteiger charge is -2.01. The lowest BCUT2D eigenvalue weighted by Crippen LogP contribution is -2.07. The SMILES string of the molecule is N#[N+]c1cccc(OC(=O)c2cccc([N+]#N)c2)c1. The standard InChI is InChI=1S/C13H8N4O2/c14-16-10-4-1-3-9(7-10)13(18)19-12-6-2-5-11(8-12)17-15/h1-8H/q+2. The molecule has 0 heterocycles. The molecule has 0 fully saturated rings. The van der Waals surface area contributed by atoms with Crippen molar-refractivity contribution in [3.63, 3.8) is 0 Å². The summed E-state index contributed by atoms with van der Waals surface area (Å²) in [4.78, 5) is 17.8. The van der Waals surface area contributed by atoms with Gasteiger partial charge in [0.15, 0.2) is 9.95 Å². The van der Waals surface area contributed by atoms with Crippen LogP contribution >= 0.6 is 0 Å². The normalized spacial score (nSPS) is 9.16. The predicted octanol–water partition coefficient (Wildman–Crippen LogP) is 3.87. The number of ether oxygens (including phenoxy) is 1. The Morgan fingerprint density at radius 3 is 2.26 bits per heavy atom. The molecule has 0 N–H and O–H groups in total. The Balaban J connectivity index is 2.21. The molecule has 0 radical (unpaired) electrons. The Bertz CT molecular complexity index is 713. The van der Waals surface area contributed by atoms with E-state index < -0.39 is 5.97 Å². The van der Waals surface area contributed by atoms with Gasteiger partial charge in [-0.3, -0.25) is 0 Å². The van der Waals surface area contributed by atoms with Crippen LogP contribution < -0.4 is 4.74 Å². The number of nitrogens with zero attached hydrogens (tertiary/aromatic N) is 4. The molecule has 0 unspecified atom stereocenters. The van der Waals surface area contributed by atoms with Crippen LogP contribution in [0.15, 0.2) is 48.5 Å². The molecule has 6 heteroatoms. The highest BCUT2D eigenvalue weighted by molar-refractivity contribution is 5.92. The molecule has 19 heavy (non-hydrogen) atoms. The van der Waals surface area contributed by atoms with Crippen molar-refractivity contribution in [2.24, 2.45) is 0 Å². The molecule has 2 aromatic carbocycles. The molecule has 0 amide bonds. The minimum Gasteiger partial charge on any atom is -0.423 e. The predicted molar refractivity (Wildman–Crippen MR) is 67.3 cm³/mol. The van der Waals surface area contributed by atoms with Gasteiger partial charge in [-0.05, 0) is 12.1 Å². The van der Waals surface area contributed by atoms with Crippen molar-refractivity contribution in [2.75, 3.05) is 0 Å². The van der Waals surface area contributed by atoms with Crippen LogP contribution in [-0.2, 0) is 0 Å². The van der Waals surface area contributed by atoms with E-state index in [4.69, 9.17) is 15.5 Å². The first-order chi connectivity index (χ1) is 9.22. The van der Waals surface area contributed by atoms with Crippen LogP contribution in [0.3, 0.4) is 0 Å². The molecule has 0 aliphatic rings. The molecular weight excluding hydrogens is 244 g/mol. The van der Waals surface area contributed by atoms with Crippen LogP contribution in [0.2, 0.25) is 0 Å². The van der Waals surface area contributed by atoms with Gasteiger partial charge in [0, 0.05) is 18.2 Å². The number of hydrogen-bond donors (Lipinski definition) is 0. The largest absolute Gasteiger partial charge is 0.423 e. The van der Waals surface area contributed by atoms with Crippen LogP contribution in [0.1, 0.15) is 10.4 Å². The van der Waals surface area contributed by atoms with Gasteiger partial charge in [0.2, 0.25) is 10.8 Å². The summed E-state index contributed by atoms with van der Waals surface area (Å²) < 4.78 is 5.11. The third kappa shape index (κ3) is 2.90. The quantitative estimate of drug-likeness (QED) is 0.461. The van der Waals surface area contributed by atoms with Crippen molar-refractivity contribution in [2.45, 2.75) is 0 Å². The molecule has 0 saturated heterocycles. The Morgan fingerprint density at radius 1 is 0.947 bits per heavy atom. The molecule has 0 aliphatic heterocycles. The van der Waals surface area contributed by atoms with Gasteiger partial charge in [-0.25, -0.2) is 4.79 Å². The van der Waals surface area contributed by atoms with Gasteiger partial charge in [0.25, 0.3) is 0 Å². The maximum atomic E-state index is 11.8. The van der Waals surface area contributed by atoms with E-state index in [0.29, 0.717) is 0 Å². The molecule has 0 spiro atoms. The zero-order valence-electron chi connectivity index (χ0n) is 9.72. The molecule has 0 bridgehead atoms. The molecule has 2 aromatic rings. The molecule has 0 saturated carbocycles. The van der Waals surface area contributed by atoms with Gasteiger partial charge in [0.05, 0.1) is 11.6 Å². The first-order valence-corrected chi connectivity index (χ1v) is 5.35. The summed E-state index contributed by atoms with van der Waals surface area (Å²) in [6, 6.07) is 12.2. The number of carbonyl (C=O) groups is 1. The second-order valence-corrected chi connectivity index (χ2v) is 3.64. The van der Waals surface area contributed by atoms with E-state index in [9.17, 15) is 4.79 Å². The molecular formula is C13H8N4O2+2. The smallest absolute Gasteiger partial charge is 0.388 e. The second-order valence-electron chi connectivity index (χ2n) is 3.64. The highest BCUT2D eigenvalue weighted by Crippen LogP contribution is 2.21. The first kappa shape index (κ1) is 12.2. The van der Waals surface area contributed by atoms with Crippen molar-refractivity contribution < 1.29 is 9.53 Å². The zero-order valence-corrected chi connectivity index (χ0v) is 9.72. The Kier molecular flexibility index (Phi) is 3.46. The Labute approximate surface area is 108 Å². The highest BCUT2D eigenvalue weighted by atomic mass is 16.5. The van der Waals surface area contributed by atoms with Gasteiger partial charge in [-0.1, -0.05) is 12.1 Å². The van der Waals surface area contributed by atoms with Crippen molar-refractivity contribution >= 4 is 17.3 Å². The lowest BCUT2D eigenvalue weighted by molar-refractivity contribution is 0.0735. The number of esters is 1.